The number of rotatable bonds is 2. The van der Waals surface area contributed by atoms with Crippen LogP contribution in [0.4, 0.5) is 4.39 Å². The van der Waals surface area contributed by atoms with Gasteiger partial charge in [0.2, 0.25) is 0 Å². The van der Waals surface area contributed by atoms with Crippen LogP contribution in [-0.4, -0.2) is 0 Å². The summed E-state index contributed by atoms with van der Waals surface area (Å²) >= 11 is 0. The van der Waals surface area contributed by atoms with E-state index in [-0.39, 0.29) is 0 Å². The normalized spacial score (nSPS) is 27.7. The Morgan fingerprint density at radius 1 is 0.875 bits per heavy atom. The Labute approximate surface area is 93.5 Å². The second-order valence-electron chi connectivity index (χ2n) is 3.92. The lowest BCUT2D eigenvalue weighted by molar-refractivity contribution is 0.141. The molecule has 0 spiro atoms. The Kier molecular flexibility index (Phi) is 2.04. The van der Waals surface area contributed by atoms with E-state index in [9.17, 15) is 4.39 Å². The summed E-state index contributed by atoms with van der Waals surface area (Å²) < 4.78 is 19.6. The van der Waals surface area contributed by atoms with Gasteiger partial charge in [0.05, 0.1) is 0 Å². The van der Waals surface area contributed by atoms with E-state index < -0.39 is 12.0 Å². The van der Waals surface area contributed by atoms with Gasteiger partial charge in [-0.25, -0.2) is 4.39 Å². The summed E-state index contributed by atoms with van der Waals surface area (Å²) in [6, 6.07) is 18.5. The number of ether oxygens (including phenoxy) is 1. The van der Waals surface area contributed by atoms with Gasteiger partial charge >= 0.3 is 0 Å². The monoisotopic (exact) mass is 214 g/mol. The molecule has 80 valence electrons. The van der Waals surface area contributed by atoms with Gasteiger partial charge in [0.15, 0.2) is 0 Å². The molecule has 0 bridgehead atoms. The van der Waals surface area contributed by atoms with E-state index in [0.717, 1.165) is 5.56 Å². The molecule has 2 atom stereocenters. The molecule has 0 N–H and O–H groups in total. The van der Waals surface area contributed by atoms with Gasteiger partial charge in [0.1, 0.15) is 6.10 Å². The molecule has 3 rings (SSSR count). The van der Waals surface area contributed by atoms with E-state index in [4.69, 9.17) is 4.74 Å². The zero-order chi connectivity index (χ0) is 11.0. The quantitative estimate of drug-likeness (QED) is 0.696. The molecule has 1 saturated heterocycles. The molecule has 2 heteroatoms. The van der Waals surface area contributed by atoms with Crippen molar-refractivity contribution in [1.29, 1.82) is 0 Å². The maximum absolute atomic E-state index is 14.4. The summed E-state index contributed by atoms with van der Waals surface area (Å²) in [4.78, 5) is 0. The predicted molar refractivity (Wildman–Crippen MR) is 59.5 cm³/mol. The van der Waals surface area contributed by atoms with Crippen molar-refractivity contribution >= 4 is 0 Å². The molecular weight excluding hydrogens is 203 g/mol. The lowest BCUT2D eigenvalue weighted by Crippen LogP contribution is -2.01. The third-order valence-corrected chi connectivity index (χ3v) is 2.84. The van der Waals surface area contributed by atoms with Crippen LogP contribution in [0.5, 0.6) is 0 Å². The van der Waals surface area contributed by atoms with E-state index in [1.165, 1.54) is 0 Å². The smallest absolute Gasteiger partial charge is 0.267 e. The van der Waals surface area contributed by atoms with Crippen LogP contribution < -0.4 is 0 Å². The summed E-state index contributed by atoms with van der Waals surface area (Å²) in [6.45, 7) is 0. The van der Waals surface area contributed by atoms with Gasteiger partial charge in [0, 0.05) is 5.56 Å². The molecule has 1 heterocycles. The Balaban J connectivity index is 1.90. The van der Waals surface area contributed by atoms with Crippen molar-refractivity contribution in [3.05, 3.63) is 71.8 Å². The first-order chi connectivity index (χ1) is 7.81. The molecule has 1 fully saturated rings. The van der Waals surface area contributed by atoms with Crippen LogP contribution in [0.1, 0.15) is 17.2 Å². The van der Waals surface area contributed by atoms with Crippen molar-refractivity contribution in [1.82, 2.24) is 0 Å². The lowest BCUT2D eigenvalue weighted by Gasteiger charge is -2.02. The average molecular weight is 214 g/mol. The second kappa shape index (κ2) is 3.42. The zero-order valence-electron chi connectivity index (χ0n) is 8.64. The maximum Gasteiger partial charge on any atom is 0.267 e. The highest BCUT2D eigenvalue weighted by Crippen LogP contribution is 2.57. The van der Waals surface area contributed by atoms with Gasteiger partial charge in [0.25, 0.3) is 5.85 Å². The average Bonchev–Trinajstić information content (AvgIpc) is 3.06. The van der Waals surface area contributed by atoms with Crippen molar-refractivity contribution in [3.8, 4) is 0 Å². The third kappa shape index (κ3) is 1.42. The van der Waals surface area contributed by atoms with Gasteiger partial charge in [-0.05, 0) is 5.56 Å². The topological polar surface area (TPSA) is 12.5 Å². The zero-order valence-corrected chi connectivity index (χ0v) is 8.64. The second-order valence-corrected chi connectivity index (χ2v) is 3.92. The van der Waals surface area contributed by atoms with Crippen LogP contribution in [0, 0.1) is 0 Å². The lowest BCUT2D eigenvalue weighted by atomic mass is 10.0. The minimum absolute atomic E-state index is 0.462. The van der Waals surface area contributed by atoms with Crippen LogP contribution in [0.2, 0.25) is 0 Å². The Bertz CT molecular complexity index is 483. The highest BCUT2D eigenvalue weighted by molar-refractivity contribution is 5.32. The van der Waals surface area contributed by atoms with Gasteiger partial charge in [-0.2, -0.15) is 0 Å². The number of hydrogen-bond acceptors (Lipinski definition) is 1. The summed E-state index contributed by atoms with van der Waals surface area (Å²) in [5.41, 5.74) is 1.47. The minimum Gasteiger partial charge on any atom is -0.325 e. The Hall–Kier alpha value is -1.67. The predicted octanol–water partition coefficient (Wildman–Crippen LogP) is 3.58. The molecular formula is C14H11FO. The molecule has 16 heavy (non-hydrogen) atoms. The molecule has 0 amide bonds. The highest BCUT2D eigenvalue weighted by Gasteiger charge is 2.60. The highest BCUT2D eigenvalue weighted by atomic mass is 19.2. The number of hydrogen-bond donors (Lipinski definition) is 0. The molecule has 1 aliphatic rings. The third-order valence-electron chi connectivity index (χ3n) is 2.84. The first-order valence-electron chi connectivity index (χ1n) is 5.28. The van der Waals surface area contributed by atoms with Crippen molar-refractivity contribution in [2.45, 2.75) is 12.0 Å². The van der Waals surface area contributed by atoms with Crippen molar-refractivity contribution in [3.63, 3.8) is 0 Å². The maximum atomic E-state index is 14.4. The van der Waals surface area contributed by atoms with E-state index in [1.54, 1.807) is 12.1 Å². The molecule has 0 aliphatic carbocycles. The molecule has 0 unspecified atom stereocenters. The van der Waals surface area contributed by atoms with Crippen LogP contribution in [0.25, 0.3) is 0 Å². The van der Waals surface area contributed by atoms with Crippen LogP contribution >= 0.6 is 0 Å². The van der Waals surface area contributed by atoms with E-state index in [2.05, 4.69) is 0 Å². The fourth-order valence-corrected chi connectivity index (χ4v) is 1.93. The van der Waals surface area contributed by atoms with E-state index in [1.807, 2.05) is 48.5 Å². The number of epoxide rings is 1. The van der Waals surface area contributed by atoms with E-state index in [0.29, 0.717) is 5.56 Å². The minimum atomic E-state index is -1.64. The first-order valence-corrected chi connectivity index (χ1v) is 5.28. The largest absolute Gasteiger partial charge is 0.325 e. The molecule has 1 nitrogen and oxygen atoms in total. The fraction of sp³-hybridized carbons (Fsp3) is 0.143. The first kappa shape index (κ1) is 9.55. The van der Waals surface area contributed by atoms with Crippen molar-refractivity contribution < 1.29 is 9.13 Å². The van der Waals surface area contributed by atoms with Crippen LogP contribution in [0.3, 0.4) is 0 Å². The summed E-state index contributed by atoms with van der Waals surface area (Å²) in [5.74, 6) is -1.64. The number of benzene rings is 2. The Morgan fingerprint density at radius 2 is 1.44 bits per heavy atom. The molecule has 2 aromatic rings. The molecule has 0 aromatic heterocycles. The molecule has 2 aromatic carbocycles. The van der Waals surface area contributed by atoms with Crippen molar-refractivity contribution in [2.75, 3.05) is 0 Å². The summed E-state index contributed by atoms with van der Waals surface area (Å²) in [5, 5.41) is 0. The van der Waals surface area contributed by atoms with Gasteiger partial charge < -0.3 is 4.74 Å². The van der Waals surface area contributed by atoms with Gasteiger partial charge in [-0.1, -0.05) is 60.7 Å². The van der Waals surface area contributed by atoms with Crippen LogP contribution in [-0.2, 0) is 10.6 Å². The molecule has 0 saturated carbocycles. The number of alkyl halides is 1. The molecule has 0 radical (unpaired) electrons. The fourth-order valence-electron chi connectivity index (χ4n) is 1.93. The standard InChI is InChI=1S/C14H11FO/c15-14(12-9-5-2-6-10-12)13(16-14)11-7-3-1-4-8-11/h1-10,13H/t13-,14-/m0/s1. The summed E-state index contributed by atoms with van der Waals surface area (Å²) in [6.07, 6.45) is -0.462. The van der Waals surface area contributed by atoms with E-state index >= 15 is 0 Å². The van der Waals surface area contributed by atoms with Gasteiger partial charge in [-0.15, -0.1) is 0 Å². The van der Waals surface area contributed by atoms with Crippen LogP contribution in [0.15, 0.2) is 60.7 Å². The summed E-state index contributed by atoms with van der Waals surface area (Å²) in [7, 11) is 0. The molecule has 1 aliphatic heterocycles. The van der Waals surface area contributed by atoms with Crippen molar-refractivity contribution in [2.24, 2.45) is 0 Å². The SMILES string of the molecule is F[C@@]1(c2ccccc2)O[C@H]1c1ccccc1. The van der Waals surface area contributed by atoms with Gasteiger partial charge in [-0.3, -0.25) is 0 Å². The Morgan fingerprint density at radius 3 is 2.06 bits per heavy atom. The number of halogens is 1.